The number of nitrogens with zero attached hydrogens (tertiary/aromatic N) is 3. The summed E-state index contributed by atoms with van der Waals surface area (Å²) in [6, 6.07) is 0.649. The monoisotopic (exact) mass is 263 g/mol. The average Bonchev–Trinajstić information content (AvgIpc) is 2.91. The Morgan fingerprint density at radius 1 is 1.42 bits per heavy atom. The molecule has 0 aromatic carbocycles. The van der Waals surface area contributed by atoms with E-state index < -0.39 is 0 Å². The Labute approximate surface area is 118 Å². The molecule has 108 valence electrons. The van der Waals surface area contributed by atoms with Crippen molar-refractivity contribution in [2.45, 2.75) is 59.0 Å². The fourth-order valence-electron chi connectivity index (χ4n) is 3.10. The Morgan fingerprint density at radius 3 is 2.47 bits per heavy atom. The van der Waals surface area contributed by atoms with Crippen LogP contribution in [0.3, 0.4) is 0 Å². The Bertz CT molecular complexity index is 357. The molecule has 0 spiro atoms. The van der Waals surface area contributed by atoms with Crippen LogP contribution in [0.15, 0.2) is 16.9 Å². The number of hydrogen-bond acceptors (Lipinski definition) is 3. The Balaban J connectivity index is 1.88. The summed E-state index contributed by atoms with van der Waals surface area (Å²) >= 11 is 0. The highest BCUT2D eigenvalue weighted by Crippen LogP contribution is 2.45. The van der Waals surface area contributed by atoms with Gasteiger partial charge >= 0.3 is 0 Å². The minimum absolute atomic E-state index is 0.00151. The molecule has 3 heteroatoms. The molecule has 1 heterocycles. The van der Waals surface area contributed by atoms with Gasteiger partial charge in [-0.05, 0) is 59.3 Å². The molecule has 1 saturated heterocycles. The molecule has 2 fully saturated rings. The van der Waals surface area contributed by atoms with Crippen LogP contribution in [0.25, 0.3) is 0 Å². The second-order valence-electron chi connectivity index (χ2n) is 7.40. The van der Waals surface area contributed by atoms with E-state index in [9.17, 15) is 0 Å². The van der Waals surface area contributed by atoms with Crippen LogP contribution in [-0.2, 0) is 0 Å². The van der Waals surface area contributed by atoms with Crippen LogP contribution >= 0.6 is 0 Å². The maximum Gasteiger partial charge on any atom is 0.0543 e. The van der Waals surface area contributed by atoms with Crippen LogP contribution in [0.4, 0.5) is 0 Å². The lowest BCUT2D eigenvalue weighted by atomic mass is 10.1. The summed E-state index contributed by atoms with van der Waals surface area (Å²) in [6.07, 6.45) is 4.76. The second kappa shape index (κ2) is 5.28. The first-order chi connectivity index (χ1) is 8.81. The van der Waals surface area contributed by atoms with E-state index in [4.69, 9.17) is 0 Å². The highest BCUT2D eigenvalue weighted by molar-refractivity contribution is 5.23. The molecule has 0 aromatic rings. The van der Waals surface area contributed by atoms with Crippen LogP contribution in [0, 0.1) is 11.8 Å². The van der Waals surface area contributed by atoms with Crippen molar-refractivity contribution in [1.82, 2.24) is 9.91 Å². The van der Waals surface area contributed by atoms with Crippen molar-refractivity contribution in [3.05, 3.63) is 11.8 Å². The van der Waals surface area contributed by atoms with E-state index in [-0.39, 0.29) is 5.54 Å². The lowest BCUT2D eigenvalue weighted by molar-refractivity contribution is 0.209. The molecule has 0 N–H and O–H groups in total. The van der Waals surface area contributed by atoms with Crippen molar-refractivity contribution in [3.8, 4) is 0 Å². The van der Waals surface area contributed by atoms with Gasteiger partial charge in [-0.2, -0.15) is 5.10 Å². The molecule has 1 aliphatic heterocycles. The number of hydrogen-bond donors (Lipinski definition) is 0. The summed E-state index contributed by atoms with van der Waals surface area (Å²) in [5.74, 6) is 2.04. The van der Waals surface area contributed by atoms with Crippen LogP contribution in [0.1, 0.15) is 47.5 Å². The van der Waals surface area contributed by atoms with Crippen LogP contribution in [-0.4, -0.2) is 41.3 Å². The van der Waals surface area contributed by atoms with Gasteiger partial charge < -0.3 is 0 Å². The van der Waals surface area contributed by atoms with Gasteiger partial charge in [-0.15, -0.1) is 0 Å². The standard InChI is InChI=1S/C16H29N3/c1-12(9-19(17-6)16(3,4)5)7-13(2)18-10-14-8-15(14)11-18/h9,13-15H,6-8,10-11H2,1-5H3/b12-9+. The molecule has 0 amide bonds. The van der Waals surface area contributed by atoms with Crippen molar-refractivity contribution in [3.63, 3.8) is 0 Å². The van der Waals surface area contributed by atoms with Crippen molar-refractivity contribution in [2.24, 2.45) is 16.9 Å². The lowest BCUT2D eigenvalue weighted by Crippen LogP contribution is -2.34. The van der Waals surface area contributed by atoms with E-state index in [0.29, 0.717) is 6.04 Å². The van der Waals surface area contributed by atoms with E-state index in [2.05, 4.69) is 57.5 Å². The molecule has 3 atom stereocenters. The van der Waals surface area contributed by atoms with Gasteiger partial charge in [-0.25, -0.2) is 0 Å². The summed E-state index contributed by atoms with van der Waals surface area (Å²) in [4.78, 5) is 2.65. The number of likely N-dealkylation sites (tertiary alicyclic amines) is 1. The Kier molecular flexibility index (Phi) is 4.05. The molecule has 2 aliphatic rings. The van der Waals surface area contributed by atoms with Gasteiger partial charge in [0.1, 0.15) is 0 Å². The van der Waals surface area contributed by atoms with Crippen LogP contribution in [0.2, 0.25) is 0 Å². The minimum Gasteiger partial charge on any atom is -0.300 e. The highest BCUT2D eigenvalue weighted by atomic mass is 15.5. The fraction of sp³-hybridized carbons (Fsp3) is 0.812. The number of hydrazone groups is 1. The first-order valence-corrected chi connectivity index (χ1v) is 7.48. The SMILES string of the molecule is C=NN(/C=C(\C)CC(C)N1CC2CC2C1)C(C)(C)C. The predicted molar refractivity (Wildman–Crippen MR) is 82.1 cm³/mol. The van der Waals surface area contributed by atoms with Crippen molar-refractivity contribution >= 4 is 6.72 Å². The lowest BCUT2D eigenvalue weighted by Gasteiger charge is -2.31. The predicted octanol–water partition coefficient (Wildman–Crippen LogP) is 3.34. The third-order valence-electron chi connectivity index (χ3n) is 4.43. The third kappa shape index (κ3) is 3.59. The van der Waals surface area contributed by atoms with Crippen molar-refractivity contribution in [1.29, 1.82) is 0 Å². The van der Waals surface area contributed by atoms with Crippen molar-refractivity contribution < 1.29 is 0 Å². The summed E-state index contributed by atoms with van der Waals surface area (Å²) in [5, 5.41) is 6.09. The molecule has 0 radical (unpaired) electrons. The normalized spacial score (nSPS) is 29.0. The van der Waals surface area contributed by atoms with E-state index in [1.54, 1.807) is 0 Å². The van der Waals surface area contributed by atoms with Gasteiger partial charge in [-0.1, -0.05) is 5.57 Å². The quantitative estimate of drug-likeness (QED) is 0.559. The second-order valence-corrected chi connectivity index (χ2v) is 7.40. The van der Waals surface area contributed by atoms with Gasteiger partial charge in [0.15, 0.2) is 0 Å². The zero-order chi connectivity index (χ0) is 14.2. The highest BCUT2D eigenvalue weighted by Gasteiger charge is 2.45. The molecule has 1 aliphatic carbocycles. The van der Waals surface area contributed by atoms with Gasteiger partial charge in [-0.3, -0.25) is 9.91 Å². The van der Waals surface area contributed by atoms with E-state index in [0.717, 1.165) is 18.3 Å². The summed E-state index contributed by atoms with van der Waals surface area (Å²) in [6.45, 7) is 17.3. The smallest absolute Gasteiger partial charge is 0.0543 e. The van der Waals surface area contributed by atoms with Crippen LogP contribution in [0.5, 0.6) is 0 Å². The van der Waals surface area contributed by atoms with Crippen LogP contribution < -0.4 is 0 Å². The van der Waals surface area contributed by atoms with Gasteiger partial charge in [0, 0.05) is 32.0 Å². The Morgan fingerprint density at radius 2 is 2.00 bits per heavy atom. The zero-order valence-electron chi connectivity index (χ0n) is 13.2. The molecule has 0 aromatic heterocycles. The fourth-order valence-corrected chi connectivity index (χ4v) is 3.10. The largest absolute Gasteiger partial charge is 0.300 e. The zero-order valence-corrected chi connectivity index (χ0v) is 13.2. The topological polar surface area (TPSA) is 18.8 Å². The van der Waals surface area contributed by atoms with E-state index in [1.807, 2.05) is 5.01 Å². The van der Waals surface area contributed by atoms with Gasteiger partial charge in [0.2, 0.25) is 0 Å². The number of fused-ring (bicyclic) bond motifs is 1. The third-order valence-corrected chi connectivity index (χ3v) is 4.43. The maximum atomic E-state index is 4.12. The molecule has 3 unspecified atom stereocenters. The number of piperidine rings is 1. The molecule has 2 rings (SSSR count). The molecule has 0 bridgehead atoms. The summed E-state index contributed by atoms with van der Waals surface area (Å²) in [5.41, 5.74) is 1.39. The summed E-state index contributed by atoms with van der Waals surface area (Å²) in [7, 11) is 0. The molecular formula is C16H29N3. The summed E-state index contributed by atoms with van der Waals surface area (Å²) < 4.78 is 0. The van der Waals surface area contributed by atoms with Crippen molar-refractivity contribution in [2.75, 3.05) is 13.1 Å². The molecule has 19 heavy (non-hydrogen) atoms. The van der Waals surface area contributed by atoms with Gasteiger partial charge in [0.05, 0.1) is 5.54 Å². The van der Waals surface area contributed by atoms with E-state index >= 15 is 0 Å². The minimum atomic E-state index is 0.00151. The molecule has 3 nitrogen and oxygen atoms in total. The molecule has 1 saturated carbocycles. The maximum absolute atomic E-state index is 4.12. The van der Waals surface area contributed by atoms with E-state index in [1.165, 1.54) is 25.1 Å². The first-order valence-electron chi connectivity index (χ1n) is 7.48. The Hall–Kier alpha value is -0.830. The number of rotatable bonds is 5. The average molecular weight is 263 g/mol. The molecular weight excluding hydrogens is 234 g/mol. The first kappa shape index (κ1) is 14.6. The van der Waals surface area contributed by atoms with Gasteiger partial charge in [0.25, 0.3) is 0 Å².